The Morgan fingerprint density at radius 3 is 2.73 bits per heavy atom. The van der Waals surface area contributed by atoms with Crippen molar-refractivity contribution in [3.05, 3.63) is 35.5 Å². The van der Waals surface area contributed by atoms with Crippen molar-refractivity contribution in [3.63, 3.8) is 0 Å². The summed E-state index contributed by atoms with van der Waals surface area (Å²) in [6.07, 6.45) is 1.06. The largest absolute Gasteiger partial charge is 0.348 e. The number of benzene rings is 1. The molecule has 0 amide bonds. The van der Waals surface area contributed by atoms with Crippen LogP contribution in [0.1, 0.15) is 31.1 Å². The molecule has 0 spiro atoms. The smallest absolute Gasteiger partial charge is 0.0483 e. The first kappa shape index (κ1) is 10.2. The lowest BCUT2D eigenvalue weighted by Crippen LogP contribution is -2.05. The van der Waals surface area contributed by atoms with Crippen molar-refractivity contribution in [2.45, 2.75) is 26.3 Å². The summed E-state index contributed by atoms with van der Waals surface area (Å²) in [4.78, 5) is 0. The van der Waals surface area contributed by atoms with Gasteiger partial charge in [-0.25, -0.2) is 0 Å². The van der Waals surface area contributed by atoms with Crippen molar-refractivity contribution in [2.75, 3.05) is 0 Å². The molecule has 2 N–H and O–H groups in total. The average molecular weight is 202 g/mol. The third-order valence-electron chi connectivity index (χ3n) is 3.07. The summed E-state index contributed by atoms with van der Waals surface area (Å²) < 4.78 is 2.25. The number of fused-ring (bicyclic) bond motifs is 1. The molecule has 0 saturated heterocycles. The summed E-state index contributed by atoms with van der Waals surface area (Å²) in [6.45, 7) is 4.22. The fourth-order valence-corrected chi connectivity index (χ4v) is 2.17. The molecular weight excluding hydrogens is 184 g/mol. The summed E-state index contributed by atoms with van der Waals surface area (Å²) >= 11 is 0. The van der Waals surface area contributed by atoms with Crippen LogP contribution in [0.2, 0.25) is 0 Å². The minimum atomic E-state index is 0.0980. The molecule has 2 aromatic rings. The molecule has 0 aliphatic heterocycles. The lowest BCUT2D eigenvalue weighted by molar-refractivity contribution is 0.826. The topological polar surface area (TPSA) is 30.9 Å². The maximum atomic E-state index is 5.97. The number of nitrogens with zero attached hydrogens (tertiary/aromatic N) is 1. The van der Waals surface area contributed by atoms with Crippen molar-refractivity contribution >= 4 is 10.9 Å². The van der Waals surface area contributed by atoms with Crippen LogP contribution in [0.3, 0.4) is 0 Å². The number of hydrogen-bond acceptors (Lipinski definition) is 1. The van der Waals surface area contributed by atoms with E-state index < -0.39 is 0 Å². The van der Waals surface area contributed by atoms with Crippen molar-refractivity contribution < 1.29 is 0 Å². The summed E-state index contributed by atoms with van der Waals surface area (Å²) in [6, 6.07) is 8.71. The first-order chi connectivity index (χ1) is 7.15. The van der Waals surface area contributed by atoms with Gasteiger partial charge >= 0.3 is 0 Å². The van der Waals surface area contributed by atoms with Crippen molar-refractivity contribution in [2.24, 2.45) is 12.8 Å². The molecule has 1 unspecified atom stereocenters. The molecule has 80 valence electrons. The van der Waals surface area contributed by atoms with Gasteiger partial charge < -0.3 is 10.3 Å². The number of aryl methyl sites for hydroxylation is 2. The van der Waals surface area contributed by atoms with E-state index in [9.17, 15) is 0 Å². The molecule has 2 rings (SSSR count). The molecule has 0 saturated carbocycles. The van der Waals surface area contributed by atoms with Gasteiger partial charge in [0, 0.05) is 29.7 Å². The second-order valence-corrected chi connectivity index (χ2v) is 4.12. The number of hydrogen-bond donors (Lipinski definition) is 1. The first-order valence-electron chi connectivity index (χ1n) is 5.48. The third kappa shape index (κ3) is 1.55. The Morgan fingerprint density at radius 1 is 1.40 bits per heavy atom. The molecule has 1 aromatic carbocycles. The lowest BCUT2D eigenvalue weighted by Gasteiger charge is -2.07. The highest BCUT2D eigenvalue weighted by Crippen LogP contribution is 2.26. The van der Waals surface area contributed by atoms with Gasteiger partial charge in [-0.05, 0) is 31.0 Å². The van der Waals surface area contributed by atoms with Gasteiger partial charge in [-0.3, -0.25) is 0 Å². The average Bonchev–Trinajstić information content (AvgIpc) is 2.55. The lowest BCUT2D eigenvalue weighted by atomic mass is 10.0. The monoisotopic (exact) mass is 202 g/mol. The molecule has 0 radical (unpaired) electrons. The molecular formula is C13H18N2. The van der Waals surface area contributed by atoms with Crippen molar-refractivity contribution in [1.29, 1.82) is 0 Å². The van der Waals surface area contributed by atoms with Crippen molar-refractivity contribution in [1.82, 2.24) is 4.57 Å². The number of aromatic nitrogens is 1. The zero-order valence-corrected chi connectivity index (χ0v) is 9.62. The van der Waals surface area contributed by atoms with E-state index in [2.05, 4.69) is 42.8 Å². The van der Waals surface area contributed by atoms with Gasteiger partial charge in [0.25, 0.3) is 0 Å². The molecule has 1 heterocycles. The van der Waals surface area contributed by atoms with Crippen LogP contribution >= 0.6 is 0 Å². The SMILES string of the molecule is CCc1cc2c(C(C)N)cccc2n1C. The third-order valence-corrected chi connectivity index (χ3v) is 3.07. The quantitative estimate of drug-likeness (QED) is 0.797. The standard InChI is InChI=1S/C13H18N2/c1-4-10-8-12-11(9(2)14)6-5-7-13(12)15(10)3/h5-9H,4,14H2,1-3H3. The molecule has 0 bridgehead atoms. The molecule has 15 heavy (non-hydrogen) atoms. The van der Waals surface area contributed by atoms with Crippen LogP contribution < -0.4 is 5.73 Å². The molecule has 1 aromatic heterocycles. The van der Waals surface area contributed by atoms with Crippen LogP contribution in [-0.2, 0) is 13.5 Å². The van der Waals surface area contributed by atoms with Gasteiger partial charge in [0.1, 0.15) is 0 Å². The number of nitrogens with two attached hydrogens (primary N) is 1. The fourth-order valence-electron chi connectivity index (χ4n) is 2.17. The Morgan fingerprint density at radius 2 is 2.13 bits per heavy atom. The van der Waals surface area contributed by atoms with E-state index in [4.69, 9.17) is 5.73 Å². The van der Waals surface area contributed by atoms with Gasteiger partial charge in [0.2, 0.25) is 0 Å². The predicted octanol–water partition coefficient (Wildman–Crippen LogP) is 2.76. The zero-order chi connectivity index (χ0) is 11.0. The van der Waals surface area contributed by atoms with E-state index in [0.717, 1.165) is 6.42 Å². The van der Waals surface area contributed by atoms with E-state index >= 15 is 0 Å². The summed E-state index contributed by atoms with van der Waals surface area (Å²) in [5, 5.41) is 1.30. The molecule has 0 fully saturated rings. The fraction of sp³-hybridized carbons (Fsp3) is 0.385. The van der Waals surface area contributed by atoms with Gasteiger partial charge in [0.15, 0.2) is 0 Å². The minimum absolute atomic E-state index is 0.0980. The zero-order valence-electron chi connectivity index (χ0n) is 9.62. The van der Waals surface area contributed by atoms with E-state index in [-0.39, 0.29) is 6.04 Å². The first-order valence-corrected chi connectivity index (χ1v) is 5.48. The van der Waals surface area contributed by atoms with Gasteiger partial charge in [-0.15, -0.1) is 0 Å². The highest BCUT2D eigenvalue weighted by Gasteiger charge is 2.09. The summed E-state index contributed by atoms with van der Waals surface area (Å²) in [5.41, 5.74) is 9.85. The second kappa shape index (κ2) is 3.70. The Hall–Kier alpha value is -1.28. The predicted molar refractivity (Wildman–Crippen MR) is 64.9 cm³/mol. The van der Waals surface area contributed by atoms with Gasteiger partial charge in [-0.1, -0.05) is 19.1 Å². The molecule has 2 nitrogen and oxygen atoms in total. The molecule has 1 atom stereocenters. The highest BCUT2D eigenvalue weighted by atomic mass is 14.9. The van der Waals surface area contributed by atoms with E-state index in [0.29, 0.717) is 0 Å². The van der Waals surface area contributed by atoms with Crippen LogP contribution in [0, 0.1) is 0 Å². The van der Waals surface area contributed by atoms with Crippen LogP contribution in [0.25, 0.3) is 10.9 Å². The normalized spacial score (nSPS) is 13.3. The Balaban J connectivity index is 2.76. The van der Waals surface area contributed by atoms with E-state index in [1.165, 1.54) is 22.2 Å². The highest BCUT2D eigenvalue weighted by molar-refractivity contribution is 5.85. The summed E-state index contributed by atoms with van der Waals surface area (Å²) in [7, 11) is 2.12. The Kier molecular flexibility index (Phi) is 2.53. The summed E-state index contributed by atoms with van der Waals surface area (Å²) in [5.74, 6) is 0. The minimum Gasteiger partial charge on any atom is -0.348 e. The van der Waals surface area contributed by atoms with Gasteiger partial charge in [0.05, 0.1) is 0 Å². The van der Waals surface area contributed by atoms with Crippen molar-refractivity contribution in [3.8, 4) is 0 Å². The van der Waals surface area contributed by atoms with E-state index in [1.807, 2.05) is 6.92 Å². The molecule has 0 aliphatic rings. The van der Waals surface area contributed by atoms with Crippen LogP contribution in [0.4, 0.5) is 0 Å². The van der Waals surface area contributed by atoms with E-state index in [1.54, 1.807) is 0 Å². The maximum Gasteiger partial charge on any atom is 0.0483 e. The van der Waals surface area contributed by atoms with Crippen LogP contribution in [0.15, 0.2) is 24.3 Å². The molecule has 0 aliphatic carbocycles. The molecule has 2 heteroatoms. The van der Waals surface area contributed by atoms with Crippen LogP contribution in [0.5, 0.6) is 0 Å². The van der Waals surface area contributed by atoms with Crippen LogP contribution in [-0.4, -0.2) is 4.57 Å². The number of rotatable bonds is 2. The maximum absolute atomic E-state index is 5.97. The Bertz CT molecular complexity index is 480. The van der Waals surface area contributed by atoms with Gasteiger partial charge in [-0.2, -0.15) is 0 Å². The Labute approximate surface area is 90.7 Å². The second-order valence-electron chi connectivity index (χ2n) is 4.12.